The summed E-state index contributed by atoms with van der Waals surface area (Å²) in [6.45, 7) is 3.87. The first kappa shape index (κ1) is 15.3. The third kappa shape index (κ3) is 4.20. The minimum absolute atomic E-state index is 0.114. The number of aryl methyl sites for hydroxylation is 1. The van der Waals surface area contributed by atoms with E-state index in [4.69, 9.17) is 11.6 Å². The highest BCUT2D eigenvalue weighted by Gasteiger charge is 2.04. The molecule has 2 aromatic rings. The molecule has 2 rings (SSSR count). The third-order valence-corrected chi connectivity index (χ3v) is 3.40. The van der Waals surface area contributed by atoms with Gasteiger partial charge in [0.1, 0.15) is 5.82 Å². The number of nitrogens with one attached hydrogen (secondary N) is 2. The number of carbonyl (C=O) groups is 1. The van der Waals surface area contributed by atoms with E-state index in [9.17, 15) is 9.18 Å². The summed E-state index contributed by atoms with van der Waals surface area (Å²) in [6, 6.07) is 10.00. The molecule has 0 spiro atoms. The zero-order valence-electron chi connectivity index (χ0n) is 11.8. The van der Waals surface area contributed by atoms with E-state index in [0.29, 0.717) is 11.6 Å². The van der Waals surface area contributed by atoms with Crippen LogP contribution in [-0.2, 0) is 11.3 Å². The number of anilines is 2. The van der Waals surface area contributed by atoms with E-state index in [1.54, 1.807) is 6.07 Å². The second-order valence-electron chi connectivity index (χ2n) is 4.80. The van der Waals surface area contributed by atoms with E-state index in [1.165, 1.54) is 19.1 Å². The van der Waals surface area contributed by atoms with Crippen molar-refractivity contribution >= 4 is 28.9 Å². The SMILES string of the molecule is CC(=O)Nc1cc(NCc2ccc(F)cc2Cl)ccc1C. The summed E-state index contributed by atoms with van der Waals surface area (Å²) in [5.74, 6) is -0.469. The van der Waals surface area contributed by atoms with Crippen LogP contribution < -0.4 is 10.6 Å². The number of amides is 1. The predicted molar refractivity (Wildman–Crippen MR) is 84.2 cm³/mol. The van der Waals surface area contributed by atoms with Crippen LogP contribution in [0, 0.1) is 12.7 Å². The van der Waals surface area contributed by atoms with Crippen molar-refractivity contribution in [1.29, 1.82) is 0 Å². The highest BCUT2D eigenvalue weighted by molar-refractivity contribution is 6.31. The second-order valence-corrected chi connectivity index (χ2v) is 5.21. The smallest absolute Gasteiger partial charge is 0.221 e. The first-order valence-corrected chi connectivity index (χ1v) is 6.89. The number of carbonyl (C=O) groups excluding carboxylic acids is 1. The molecule has 0 unspecified atom stereocenters. The largest absolute Gasteiger partial charge is 0.381 e. The van der Waals surface area contributed by atoms with E-state index in [2.05, 4.69) is 10.6 Å². The summed E-state index contributed by atoms with van der Waals surface area (Å²) in [7, 11) is 0. The maximum absolute atomic E-state index is 13.0. The van der Waals surface area contributed by atoms with Crippen LogP contribution in [0.25, 0.3) is 0 Å². The van der Waals surface area contributed by atoms with Crippen molar-refractivity contribution in [2.24, 2.45) is 0 Å². The van der Waals surface area contributed by atoms with Crippen molar-refractivity contribution in [3.63, 3.8) is 0 Å². The Morgan fingerprint density at radius 3 is 2.67 bits per heavy atom. The highest BCUT2D eigenvalue weighted by atomic mass is 35.5. The van der Waals surface area contributed by atoms with Crippen LogP contribution in [-0.4, -0.2) is 5.91 Å². The number of halogens is 2. The Kier molecular flexibility index (Phi) is 4.81. The number of benzene rings is 2. The first-order valence-electron chi connectivity index (χ1n) is 6.52. The minimum atomic E-state index is -0.355. The van der Waals surface area contributed by atoms with E-state index in [0.717, 1.165) is 22.5 Å². The lowest BCUT2D eigenvalue weighted by molar-refractivity contribution is -0.114. The van der Waals surface area contributed by atoms with Crippen LogP contribution >= 0.6 is 11.6 Å². The van der Waals surface area contributed by atoms with Crippen molar-refractivity contribution in [1.82, 2.24) is 0 Å². The second kappa shape index (κ2) is 6.59. The lowest BCUT2D eigenvalue weighted by atomic mass is 10.1. The van der Waals surface area contributed by atoms with Crippen LogP contribution in [0.15, 0.2) is 36.4 Å². The Hall–Kier alpha value is -2.07. The number of hydrogen-bond acceptors (Lipinski definition) is 2. The van der Waals surface area contributed by atoms with Crippen LogP contribution in [0.1, 0.15) is 18.1 Å². The predicted octanol–water partition coefficient (Wildman–Crippen LogP) is 4.36. The fraction of sp³-hybridized carbons (Fsp3) is 0.188. The normalized spacial score (nSPS) is 10.3. The van der Waals surface area contributed by atoms with Crippen LogP contribution in [0.5, 0.6) is 0 Å². The summed E-state index contributed by atoms with van der Waals surface area (Å²) in [5.41, 5.74) is 3.40. The molecule has 2 aromatic carbocycles. The van der Waals surface area contributed by atoms with Crippen molar-refractivity contribution in [2.75, 3.05) is 10.6 Å². The molecule has 3 nitrogen and oxygen atoms in total. The van der Waals surface area contributed by atoms with Gasteiger partial charge in [-0.25, -0.2) is 4.39 Å². The summed E-state index contributed by atoms with van der Waals surface area (Å²) in [6.07, 6.45) is 0. The van der Waals surface area contributed by atoms with E-state index in [1.807, 2.05) is 25.1 Å². The molecule has 0 aromatic heterocycles. The van der Waals surface area contributed by atoms with Crippen molar-refractivity contribution in [3.05, 3.63) is 58.4 Å². The topological polar surface area (TPSA) is 41.1 Å². The van der Waals surface area contributed by atoms with E-state index >= 15 is 0 Å². The van der Waals surface area contributed by atoms with Gasteiger partial charge in [0.25, 0.3) is 0 Å². The molecule has 0 saturated heterocycles. The van der Waals surface area contributed by atoms with Crippen LogP contribution in [0.3, 0.4) is 0 Å². The molecule has 0 fully saturated rings. The van der Waals surface area contributed by atoms with Gasteiger partial charge in [0, 0.05) is 29.9 Å². The Labute approximate surface area is 128 Å². The molecular weight excluding hydrogens is 291 g/mol. The fourth-order valence-electron chi connectivity index (χ4n) is 1.92. The van der Waals surface area contributed by atoms with Gasteiger partial charge >= 0.3 is 0 Å². The molecule has 2 N–H and O–H groups in total. The third-order valence-electron chi connectivity index (χ3n) is 3.05. The average Bonchev–Trinajstić information content (AvgIpc) is 2.40. The molecule has 21 heavy (non-hydrogen) atoms. The van der Waals surface area contributed by atoms with E-state index in [-0.39, 0.29) is 11.7 Å². The maximum atomic E-state index is 13.0. The monoisotopic (exact) mass is 306 g/mol. The van der Waals surface area contributed by atoms with Gasteiger partial charge < -0.3 is 10.6 Å². The molecule has 0 aliphatic carbocycles. The van der Waals surface area contributed by atoms with Crippen molar-refractivity contribution in [3.8, 4) is 0 Å². The molecule has 0 bridgehead atoms. The maximum Gasteiger partial charge on any atom is 0.221 e. The van der Waals surface area contributed by atoms with Gasteiger partial charge in [-0.2, -0.15) is 0 Å². The zero-order valence-corrected chi connectivity index (χ0v) is 12.6. The minimum Gasteiger partial charge on any atom is -0.381 e. The van der Waals surface area contributed by atoms with E-state index < -0.39 is 0 Å². The lowest BCUT2D eigenvalue weighted by Gasteiger charge is -2.12. The Morgan fingerprint density at radius 2 is 2.00 bits per heavy atom. The van der Waals surface area contributed by atoms with Crippen molar-refractivity contribution < 1.29 is 9.18 Å². The molecule has 0 heterocycles. The van der Waals surface area contributed by atoms with Crippen LogP contribution in [0.2, 0.25) is 5.02 Å². The molecule has 1 amide bonds. The molecule has 0 saturated carbocycles. The molecule has 0 radical (unpaired) electrons. The van der Waals surface area contributed by atoms with Gasteiger partial charge in [0.15, 0.2) is 0 Å². The Morgan fingerprint density at radius 1 is 1.24 bits per heavy atom. The summed E-state index contributed by atoms with van der Waals surface area (Å²) >= 11 is 5.98. The molecule has 0 atom stereocenters. The molecule has 0 aliphatic rings. The highest BCUT2D eigenvalue weighted by Crippen LogP contribution is 2.22. The molecule has 5 heteroatoms. The Balaban J connectivity index is 2.11. The quantitative estimate of drug-likeness (QED) is 0.881. The summed E-state index contributed by atoms with van der Waals surface area (Å²) in [4.78, 5) is 11.1. The summed E-state index contributed by atoms with van der Waals surface area (Å²) in [5, 5.41) is 6.37. The van der Waals surface area contributed by atoms with Gasteiger partial charge in [-0.1, -0.05) is 23.7 Å². The standard InChI is InChI=1S/C16H16ClFN2O/c1-10-3-6-14(8-16(10)20-11(2)21)19-9-12-4-5-13(18)7-15(12)17/h3-8,19H,9H2,1-2H3,(H,20,21). The first-order chi connectivity index (χ1) is 9.95. The van der Waals surface area contributed by atoms with Crippen LogP contribution in [0.4, 0.5) is 15.8 Å². The fourth-order valence-corrected chi connectivity index (χ4v) is 2.15. The number of rotatable bonds is 4. The Bertz CT molecular complexity index is 673. The summed E-state index contributed by atoms with van der Waals surface area (Å²) < 4.78 is 13.0. The molecule has 0 aliphatic heterocycles. The lowest BCUT2D eigenvalue weighted by Crippen LogP contribution is -2.08. The average molecular weight is 307 g/mol. The van der Waals surface area contributed by atoms with Gasteiger partial charge in [-0.05, 0) is 42.3 Å². The van der Waals surface area contributed by atoms with Crippen molar-refractivity contribution in [2.45, 2.75) is 20.4 Å². The number of hydrogen-bond donors (Lipinski definition) is 2. The zero-order chi connectivity index (χ0) is 15.4. The van der Waals surface area contributed by atoms with Gasteiger partial charge in [0.05, 0.1) is 0 Å². The molecular formula is C16H16ClFN2O. The van der Waals surface area contributed by atoms with Gasteiger partial charge in [0.2, 0.25) is 5.91 Å². The van der Waals surface area contributed by atoms with Gasteiger partial charge in [-0.3, -0.25) is 4.79 Å². The molecule has 110 valence electrons. The van der Waals surface area contributed by atoms with Gasteiger partial charge in [-0.15, -0.1) is 0 Å².